The molecular formula is C20H17N5O3. The summed E-state index contributed by atoms with van der Waals surface area (Å²) in [6, 6.07) is 12.0. The lowest BCUT2D eigenvalue weighted by Gasteiger charge is -2.12. The molecular weight excluding hydrogens is 358 g/mol. The van der Waals surface area contributed by atoms with Crippen molar-refractivity contribution >= 4 is 23.2 Å². The zero-order valence-corrected chi connectivity index (χ0v) is 14.8. The number of aliphatic hydroxyl groups excluding tert-OH is 1. The SMILES string of the molecule is N#Cc1cccnc1C(=O)NCc1cccc(NC(=O)C2=NCCC=C2O)c1. The van der Waals surface area contributed by atoms with Crippen molar-refractivity contribution in [3.63, 3.8) is 0 Å². The van der Waals surface area contributed by atoms with Crippen molar-refractivity contribution in [2.24, 2.45) is 4.99 Å². The fraction of sp³-hybridized carbons (Fsp3) is 0.150. The molecule has 2 amide bonds. The summed E-state index contributed by atoms with van der Waals surface area (Å²) in [5, 5.41) is 24.2. The molecule has 0 saturated heterocycles. The molecule has 1 aliphatic rings. The average molecular weight is 375 g/mol. The summed E-state index contributed by atoms with van der Waals surface area (Å²) < 4.78 is 0. The van der Waals surface area contributed by atoms with Crippen LogP contribution in [0.1, 0.15) is 28.0 Å². The second-order valence-corrected chi connectivity index (χ2v) is 5.96. The minimum Gasteiger partial charge on any atom is -0.506 e. The third-order valence-corrected chi connectivity index (χ3v) is 3.98. The normalized spacial score (nSPS) is 13.0. The molecule has 0 atom stereocenters. The molecule has 3 N–H and O–H groups in total. The smallest absolute Gasteiger partial charge is 0.277 e. The molecule has 0 bridgehead atoms. The number of anilines is 1. The van der Waals surface area contributed by atoms with Crippen molar-refractivity contribution in [1.29, 1.82) is 5.26 Å². The van der Waals surface area contributed by atoms with E-state index < -0.39 is 11.8 Å². The lowest BCUT2D eigenvalue weighted by atomic mass is 10.1. The fourth-order valence-corrected chi connectivity index (χ4v) is 2.64. The lowest BCUT2D eigenvalue weighted by molar-refractivity contribution is -0.110. The van der Waals surface area contributed by atoms with E-state index >= 15 is 0 Å². The van der Waals surface area contributed by atoms with Gasteiger partial charge in [-0.25, -0.2) is 4.98 Å². The molecule has 0 fully saturated rings. The van der Waals surface area contributed by atoms with Crippen molar-refractivity contribution < 1.29 is 14.7 Å². The van der Waals surface area contributed by atoms with Gasteiger partial charge in [-0.05, 0) is 42.3 Å². The molecule has 1 aromatic heterocycles. The van der Waals surface area contributed by atoms with E-state index in [1.807, 2.05) is 6.07 Å². The van der Waals surface area contributed by atoms with Crippen LogP contribution in [0.3, 0.4) is 0 Å². The maximum absolute atomic E-state index is 12.3. The van der Waals surface area contributed by atoms with Gasteiger partial charge in [0.25, 0.3) is 11.8 Å². The zero-order chi connectivity index (χ0) is 19.9. The van der Waals surface area contributed by atoms with Crippen molar-refractivity contribution in [2.75, 3.05) is 11.9 Å². The number of nitrogens with one attached hydrogen (secondary N) is 2. The standard InChI is InChI=1S/C20H17N5O3/c21-11-14-5-2-8-22-17(14)19(27)24-12-13-4-1-6-15(10-13)25-20(28)18-16(26)7-3-9-23-18/h1-2,4-8,10,26H,3,9,12H2,(H,24,27)(H,25,28). The first-order valence-corrected chi connectivity index (χ1v) is 8.56. The summed E-state index contributed by atoms with van der Waals surface area (Å²) >= 11 is 0. The molecule has 8 heteroatoms. The maximum atomic E-state index is 12.3. The van der Waals surface area contributed by atoms with Crippen molar-refractivity contribution in [2.45, 2.75) is 13.0 Å². The molecule has 140 valence electrons. The molecule has 0 unspecified atom stereocenters. The first kappa shape index (κ1) is 18.8. The van der Waals surface area contributed by atoms with Crippen LogP contribution in [0.4, 0.5) is 5.69 Å². The van der Waals surface area contributed by atoms with Crippen molar-refractivity contribution in [1.82, 2.24) is 10.3 Å². The zero-order valence-electron chi connectivity index (χ0n) is 14.8. The third kappa shape index (κ3) is 4.40. The van der Waals surface area contributed by atoms with Crippen LogP contribution < -0.4 is 10.6 Å². The number of pyridine rings is 1. The number of carbonyl (C=O) groups excluding carboxylic acids is 2. The van der Waals surface area contributed by atoms with Crippen molar-refractivity contribution in [3.8, 4) is 6.07 Å². The van der Waals surface area contributed by atoms with Gasteiger partial charge in [0.15, 0.2) is 5.71 Å². The van der Waals surface area contributed by atoms with Gasteiger partial charge in [-0.15, -0.1) is 0 Å². The predicted molar refractivity (Wildman–Crippen MR) is 103 cm³/mol. The first-order chi connectivity index (χ1) is 13.6. The third-order valence-electron chi connectivity index (χ3n) is 3.98. The monoisotopic (exact) mass is 375 g/mol. The van der Waals surface area contributed by atoms with E-state index in [1.54, 1.807) is 36.4 Å². The van der Waals surface area contributed by atoms with E-state index in [0.717, 1.165) is 5.56 Å². The number of aromatic nitrogens is 1. The van der Waals surface area contributed by atoms with Gasteiger partial charge in [-0.2, -0.15) is 5.26 Å². The van der Waals surface area contributed by atoms with E-state index in [0.29, 0.717) is 18.7 Å². The summed E-state index contributed by atoms with van der Waals surface area (Å²) in [5.74, 6) is -1.09. The van der Waals surface area contributed by atoms with Crippen LogP contribution in [0.2, 0.25) is 0 Å². The van der Waals surface area contributed by atoms with Gasteiger partial charge < -0.3 is 15.7 Å². The molecule has 0 saturated carbocycles. The second-order valence-electron chi connectivity index (χ2n) is 5.96. The van der Waals surface area contributed by atoms with Crippen LogP contribution >= 0.6 is 0 Å². The van der Waals surface area contributed by atoms with Crippen LogP contribution in [0.25, 0.3) is 0 Å². The maximum Gasteiger partial charge on any atom is 0.277 e. The second kappa shape index (κ2) is 8.60. The molecule has 0 spiro atoms. The Morgan fingerprint density at radius 1 is 1.21 bits per heavy atom. The molecule has 1 aliphatic heterocycles. The minimum absolute atomic E-state index is 0.00383. The molecule has 28 heavy (non-hydrogen) atoms. The number of amides is 2. The van der Waals surface area contributed by atoms with E-state index in [4.69, 9.17) is 5.26 Å². The largest absolute Gasteiger partial charge is 0.506 e. The molecule has 0 aliphatic carbocycles. The topological polar surface area (TPSA) is 127 Å². The van der Waals surface area contributed by atoms with Gasteiger partial charge in [0.2, 0.25) is 0 Å². The van der Waals surface area contributed by atoms with E-state index in [1.165, 1.54) is 12.3 Å². The summed E-state index contributed by atoms with van der Waals surface area (Å²) in [4.78, 5) is 32.5. The number of carbonyl (C=O) groups is 2. The highest BCUT2D eigenvalue weighted by atomic mass is 16.3. The van der Waals surface area contributed by atoms with Gasteiger partial charge in [-0.1, -0.05) is 12.1 Å². The molecule has 3 rings (SSSR count). The summed E-state index contributed by atoms with van der Waals surface area (Å²) in [6.07, 6.45) is 3.60. The Morgan fingerprint density at radius 3 is 2.86 bits per heavy atom. The van der Waals surface area contributed by atoms with Crippen LogP contribution in [0, 0.1) is 11.3 Å². The van der Waals surface area contributed by atoms with Crippen LogP contribution in [0.5, 0.6) is 0 Å². The minimum atomic E-state index is -0.498. The van der Waals surface area contributed by atoms with Crippen molar-refractivity contribution in [3.05, 3.63) is 71.3 Å². The van der Waals surface area contributed by atoms with Gasteiger partial charge in [0, 0.05) is 25.0 Å². The fourth-order valence-electron chi connectivity index (χ4n) is 2.64. The number of nitrogens with zero attached hydrogens (tertiary/aromatic N) is 3. The van der Waals surface area contributed by atoms with Crippen LogP contribution in [0.15, 0.2) is 59.4 Å². The number of dihydropyridines is 1. The number of aliphatic hydroxyl groups is 1. The number of aliphatic imine (C=N–C) groups is 1. The average Bonchev–Trinajstić information content (AvgIpc) is 2.72. The molecule has 1 aromatic carbocycles. The van der Waals surface area contributed by atoms with Crippen LogP contribution in [-0.4, -0.2) is 34.2 Å². The first-order valence-electron chi connectivity index (χ1n) is 8.56. The molecule has 8 nitrogen and oxygen atoms in total. The highest BCUT2D eigenvalue weighted by Crippen LogP contribution is 2.13. The van der Waals surface area contributed by atoms with Gasteiger partial charge >= 0.3 is 0 Å². The number of hydrogen-bond donors (Lipinski definition) is 3. The Labute approximate surface area is 161 Å². The number of benzene rings is 1. The van der Waals surface area contributed by atoms with E-state index in [2.05, 4.69) is 20.6 Å². The number of nitriles is 1. The lowest BCUT2D eigenvalue weighted by Crippen LogP contribution is -2.27. The number of hydrogen-bond acceptors (Lipinski definition) is 6. The Hall–Kier alpha value is -3.99. The van der Waals surface area contributed by atoms with Crippen LogP contribution in [-0.2, 0) is 11.3 Å². The summed E-state index contributed by atoms with van der Waals surface area (Å²) in [6.45, 7) is 0.646. The molecule has 0 radical (unpaired) electrons. The highest BCUT2D eigenvalue weighted by Gasteiger charge is 2.18. The number of rotatable bonds is 5. The Kier molecular flexibility index (Phi) is 5.77. The molecule has 2 aromatic rings. The van der Waals surface area contributed by atoms with E-state index in [9.17, 15) is 14.7 Å². The molecule has 2 heterocycles. The quantitative estimate of drug-likeness (QED) is 0.737. The van der Waals surface area contributed by atoms with Gasteiger partial charge in [-0.3, -0.25) is 14.6 Å². The summed E-state index contributed by atoms with van der Waals surface area (Å²) in [5.41, 5.74) is 1.51. The highest BCUT2D eigenvalue weighted by molar-refractivity contribution is 6.48. The summed E-state index contributed by atoms with van der Waals surface area (Å²) in [7, 11) is 0. The van der Waals surface area contributed by atoms with Gasteiger partial charge in [0.1, 0.15) is 17.5 Å². The Morgan fingerprint density at radius 2 is 2.07 bits per heavy atom. The van der Waals surface area contributed by atoms with Gasteiger partial charge in [0.05, 0.1) is 5.56 Å². The predicted octanol–water partition coefficient (Wildman–Crippen LogP) is 2.11. The Balaban J connectivity index is 1.64. The van der Waals surface area contributed by atoms with E-state index in [-0.39, 0.29) is 29.3 Å². The Bertz CT molecular complexity index is 1020.